The molecule has 1 heterocycles. The third-order valence-electron chi connectivity index (χ3n) is 1.98. The van der Waals surface area contributed by atoms with E-state index in [1.807, 2.05) is 0 Å². The Morgan fingerprint density at radius 3 is 2.64 bits per heavy atom. The molecule has 3 unspecified atom stereocenters. The minimum atomic E-state index is -0.721. The second-order valence-electron chi connectivity index (χ2n) is 3.14. The van der Waals surface area contributed by atoms with Crippen LogP contribution in [-0.4, -0.2) is 28.5 Å². The molecule has 0 aliphatic rings. The Morgan fingerprint density at radius 2 is 2.14 bits per heavy atom. The van der Waals surface area contributed by atoms with E-state index < -0.39 is 12.1 Å². The summed E-state index contributed by atoms with van der Waals surface area (Å²) in [5.74, 6) is 0.650. The van der Waals surface area contributed by atoms with Crippen LogP contribution in [0.5, 0.6) is 0 Å². The topological polar surface area (TPSA) is 94.4 Å². The van der Waals surface area contributed by atoms with Gasteiger partial charge in [-0.2, -0.15) is 4.98 Å². The van der Waals surface area contributed by atoms with Crippen LogP contribution in [-0.2, 0) is 4.74 Å². The maximum absolute atomic E-state index is 9.20. The molecular weight excluding hydrogens is 186 g/mol. The molecule has 14 heavy (non-hydrogen) atoms. The van der Waals surface area contributed by atoms with Gasteiger partial charge in [0.15, 0.2) is 5.82 Å². The number of aliphatic hydroxyl groups is 1. The standard InChI is InChI=1S/C8H15N3O3/c1-4(12)6(9)8-10-7(11-14-8)5(2)13-3/h4-6,12H,9H2,1-3H3. The fourth-order valence-corrected chi connectivity index (χ4v) is 0.860. The third kappa shape index (κ3) is 2.28. The van der Waals surface area contributed by atoms with Crippen molar-refractivity contribution in [1.82, 2.24) is 10.1 Å². The molecule has 0 saturated heterocycles. The van der Waals surface area contributed by atoms with Crippen LogP contribution >= 0.6 is 0 Å². The first-order valence-electron chi connectivity index (χ1n) is 4.36. The zero-order valence-corrected chi connectivity index (χ0v) is 8.47. The van der Waals surface area contributed by atoms with Crippen LogP contribution in [0.4, 0.5) is 0 Å². The van der Waals surface area contributed by atoms with Gasteiger partial charge >= 0.3 is 0 Å². The van der Waals surface area contributed by atoms with Crippen LogP contribution in [0.2, 0.25) is 0 Å². The molecule has 0 aliphatic carbocycles. The molecule has 0 radical (unpaired) electrons. The highest BCUT2D eigenvalue weighted by molar-refractivity contribution is 4.95. The van der Waals surface area contributed by atoms with Gasteiger partial charge in [0.2, 0.25) is 5.89 Å². The molecule has 6 heteroatoms. The molecule has 1 aromatic rings. The van der Waals surface area contributed by atoms with Gasteiger partial charge in [-0.3, -0.25) is 0 Å². The molecule has 0 fully saturated rings. The molecule has 0 spiro atoms. The summed E-state index contributed by atoms with van der Waals surface area (Å²) >= 11 is 0. The van der Waals surface area contributed by atoms with E-state index in [-0.39, 0.29) is 12.0 Å². The van der Waals surface area contributed by atoms with Crippen molar-refractivity contribution < 1.29 is 14.4 Å². The maximum atomic E-state index is 9.20. The van der Waals surface area contributed by atoms with Gasteiger partial charge in [0.05, 0.1) is 6.10 Å². The predicted octanol–water partition coefficient (Wildman–Crippen LogP) is 0.158. The zero-order valence-electron chi connectivity index (χ0n) is 8.47. The number of rotatable bonds is 4. The highest BCUT2D eigenvalue weighted by Crippen LogP contribution is 2.16. The Kier molecular flexibility index (Phi) is 3.56. The number of hydrogen-bond acceptors (Lipinski definition) is 6. The minimum Gasteiger partial charge on any atom is -0.391 e. The average Bonchev–Trinajstić information content (AvgIpc) is 2.64. The summed E-state index contributed by atoms with van der Waals surface area (Å²) < 4.78 is 9.89. The van der Waals surface area contributed by atoms with Crippen molar-refractivity contribution in [2.45, 2.75) is 32.1 Å². The Labute approximate surface area is 82.1 Å². The normalized spacial score (nSPS) is 17.8. The summed E-state index contributed by atoms with van der Waals surface area (Å²) in [6, 6.07) is -0.652. The lowest BCUT2D eigenvalue weighted by molar-refractivity contribution is 0.109. The lowest BCUT2D eigenvalue weighted by atomic mass is 10.2. The van der Waals surface area contributed by atoms with E-state index in [9.17, 15) is 5.11 Å². The second-order valence-corrected chi connectivity index (χ2v) is 3.14. The molecule has 0 bridgehead atoms. The SMILES string of the molecule is COC(C)c1noc(C(N)C(C)O)n1. The van der Waals surface area contributed by atoms with Gasteiger partial charge in [0, 0.05) is 7.11 Å². The highest BCUT2D eigenvalue weighted by Gasteiger charge is 2.21. The van der Waals surface area contributed by atoms with Gasteiger partial charge in [-0.1, -0.05) is 5.16 Å². The molecule has 1 aromatic heterocycles. The van der Waals surface area contributed by atoms with Gasteiger partial charge in [-0.05, 0) is 13.8 Å². The number of aliphatic hydroxyl groups excluding tert-OH is 1. The number of ether oxygens (including phenoxy) is 1. The van der Waals surface area contributed by atoms with Gasteiger partial charge in [0.25, 0.3) is 0 Å². The molecule has 80 valence electrons. The number of nitrogens with zero attached hydrogens (tertiary/aromatic N) is 2. The van der Waals surface area contributed by atoms with Crippen LogP contribution in [0.25, 0.3) is 0 Å². The van der Waals surface area contributed by atoms with E-state index in [1.54, 1.807) is 21.0 Å². The summed E-state index contributed by atoms with van der Waals surface area (Å²) in [5.41, 5.74) is 5.61. The second kappa shape index (κ2) is 4.50. The summed E-state index contributed by atoms with van der Waals surface area (Å²) in [6.45, 7) is 3.36. The molecule has 3 N–H and O–H groups in total. The van der Waals surface area contributed by atoms with E-state index in [1.165, 1.54) is 0 Å². The first kappa shape index (κ1) is 11.1. The van der Waals surface area contributed by atoms with Crippen molar-refractivity contribution in [2.24, 2.45) is 5.73 Å². The van der Waals surface area contributed by atoms with E-state index >= 15 is 0 Å². The van der Waals surface area contributed by atoms with Gasteiger partial charge in [-0.15, -0.1) is 0 Å². The molecular formula is C8H15N3O3. The molecule has 1 rings (SSSR count). The van der Waals surface area contributed by atoms with Gasteiger partial charge in [0.1, 0.15) is 12.1 Å². The van der Waals surface area contributed by atoms with E-state index in [0.29, 0.717) is 5.82 Å². The fraction of sp³-hybridized carbons (Fsp3) is 0.750. The Hall–Kier alpha value is -0.980. The quantitative estimate of drug-likeness (QED) is 0.720. The summed E-state index contributed by atoms with van der Waals surface area (Å²) in [6.07, 6.45) is -0.963. The average molecular weight is 201 g/mol. The van der Waals surface area contributed by atoms with Crippen LogP contribution in [0.1, 0.15) is 37.7 Å². The molecule has 6 nitrogen and oxygen atoms in total. The summed E-state index contributed by atoms with van der Waals surface area (Å²) in [7, 11) is 1.55. The van der Waals surface area contributed by atoms with Crippen LogP contribution in [0.3, 0.4) is 0 Å². The number of nitrogens with two attached hydrogens (primary N) is 1. The number of aromatic nitrogens is 2. The first-order valence-corrected chi connectivity index (χ1v) is 4.36. The summed E-state index contributed by atoms with van der Waals surface area (Å²) in [4.78, 5) is 4.01. The van der Waals surface area contributed by atoms with Crippen LogP contribution in [0, 0.1) is 0 Å². The summed E-state index contributed by atoms with van der Waals surface area (Å²) in [5, 5.41) is 12.9. The number of methoxy groups -OCH3 is 1. The molecule has 0 aromatic carbocycles. The van der Waals surface area contributed by atoms with Crippen molar-refractivity contribution in [3.8, 4) is 0 Å². The number of hydrogen-bond donors (Lipinski definition) is 2. The molecule has 0 saturated carbocycles. The Morgan fingerprint density at radius 1 is 1.50 bits per heavy atom. The van der Waals surface area contributed by atoms with Gasteiger partial charge in [-0.25, -0.2) is 0 Å². The largest absolute Gasteiger partial charge is 0.391 e. The minimum absolute atomic E-state index is 0.221. The molecule has 0 amide bonds. The van der Waals surface area contributed by atoms with Crippen molar-refractivity contribution in [3.63, 3.8) is 0 Å². The third-order valence-corrected chi connectivity index (χ3v) is 1.98. The monoisotopic (exact) mass is 201 g/mol. The van der Waals surface area contributed by atoms with E-state index in [0.717, 1.165) is 0 Å². The van der Waals surface area contributed by atoms with Crippen LogP contribution < -0.4 is 5.73 Å². The van der Waals surface area contributed by atoms with Crippen molar-refractivity contribution in [2.75, 3.05) is 7.11 Å². The van der Waals surface area contributed by atoms with Crippen molar-refractivity contribution in [3.05, 3.63) is 11.7 Å². The van der Waals surface area contributed by atoms with Crippen LogP contribution in [0.15, 0.2) is 4.52 Å². The van der Waals surface area contributed by atoms with Gasteiger partial charge < -0.3 is 20.1 Å². The highest BCUT2D eigenvalue weighted by atomic mass is 16.5. The zero-order chi connectivity index (χ0) is 10.7. The van der Waals surface area contributed by atoms with E-state index in [4.69, 9.17) is 15.0 Å². The Bertz CT molecular complexity index is 287. The van der Waals surface area contributed by atoms with Crippen molar-refractivity contribution in [1.29, 1.82) is 0 Å². The maximum Gasteiger partial charge on any atom is 0.246 e. The smallest absolute Gasteiger partial charge is 0.246 e. The molecule has 0 aliphatic heterocycles. The molecule has 3 atom stereocenters. The van der Waals surface area contributed by atoms with Crippen molar-refractivity contribution >= 4 is 0 Å². The first-order chi connectivity index (χ1) is 6.56. The van der Waals surface area contributed by atoms with E-state index in [2.05, 4.69) is 10.1 Å². The Balaban J connectivity index is 2.77. The fourth-order valence-electron chi connectivity index (χ4n) is 0.860. The predicted molar refractivity (Wildman–Crippen MR) is 48.3 cm³/mol. The lowest BCUT2D eigenvalue weighted by Crippen LogP contribution is -2.23. The lowest BCUT2D eigenvalue weighted by Gasteiger charge is -2.08.